The second kappa shape index (κ2) is 4.16. The van der Waals surface area contributed by atoms with Gasteiger partial charge in [-0.25, -0.2) is 0 Å². The summed E-state index contributed by atoms with van der Waals surface area (Å²) in [5, 5.41) is 8.89. The van der Waals surface area contributed by atoms with Crippen molar-refractivity contribution in [3.63, 3.8) is 0 Å². The fourth-order valence-corrected chi connectivity index (χ4v) is 2.54. The van der Waals surface area contributed by atoms with Gasteiger partial charge in [-0.3, -0.25) is 4.79 Å². The van der Waals surface area contributed by atoms with Crippen LogP contribution in [-0.2, 0) is 11.2 Å². The van der Waals surface area contributed by atoms with Gasteiger partial charge in [0.25, 0.3) is 0 Å². The Hall–Kier alpha value is -1.51. The Labute approximate surface area is 95.0 Å². The monoisotopic (exact) mass is 220 g/mol. The molecule has 0 aromatic heterocycles. The Morgan fingerprint density at radius 1 is 1.56 bits per heavy atom. The van der Waals surface area contributed by atoms with Crippen molar-refractivity contribution in [2.24, 2.45) is 5.92 Å². The zero-order valence-corrected chi connectivity index (χ0v) is 9.56. The van der Waals surface area contributed by atoms with Gasteiger partial charge in [0.1, 0.15) is 5.75 Å². The third kappa shape index (κ3) is 1.90. The Bertz CT molecular complexity index is 412. The Morgan fingerprint density at radius 3 is 2.94 bits per heavy atom. The molecule has 0 saturated carbocycles. The van der Waals surface area contributed by atoms with Gasteiger partial charge >= 0.3 is 5.97 Å². The highest BCUT2D eigenvalue weighted by Gasteiger charge is 2.31. The highest BCUT2D eigenvalue weighted by Crippen LogP contribution is 2.41. The molecule has 0 radical (unpaired) electrons. The van der Waals surface area contributed by atoms with E-state index in [0.29, 0.717) is 5.92 Å². The second-order valence-electron chi connectivity index (χ2n) is 4.45. The fraction of sp³-hybridized carbons (Fsp3) is 0.462. The van der Waals surface area contributed by atoms with Crippen molar-refractivity contribution in [3.8, 4) is 5.75 Å². The minimum absolute atomic E-state index is 0.151. The van der Waals surface area contributed by atoms with Crippen molar-refractivity contribution in [2.45, 2.75) is 25.7 Å². The molecule has 0 heterocycles. The number of carboxylic acids is 1. The lowest BCUT2D eigenvalue weighted by molar-refractivity contribution is -0.137. The maximum Gasteiger partial charge on any atom is 0.303 e. The highest BCUT2D eigenvalue weighted by molar-refractivity contribution is 5.68. The second-order valence-corrected chi connectivity index (χ2v) is 4.45. The average molecular weight is 220 g/mol. The molecule has 3 nitrogen and oxygen atoms in total. The van der Waals surface area contributed by atoms with Crippen LogP contribution in [0.5, 0.6) is 5.75 Å². The molecule has 0 aliphatic heterocycles. The van der Waals surface area contributed by atoms with E-state index in [0.717, 1.165) is 12.2 Å². The van der Waals surface area contributed by atoms with Gasteiger partial charge in [-0.05, 0) is 41.5 Å². The zero-order chi connectivity index (χ0) is 11.7. The van der Waals surface area contributed by atoms with Crippen LogP contribution in [-0.4, -0.2) is 18.2 Å². The third-order valence-electron chi connectivity index (χ3n) is 3.37. The minimum atomic E-state index is -0.722. The zero-order valence-electron chi connectivity index (χ0n) is 9.56. The van der Waals surface area contributed by atoms with Crippen LogP contribution in [0.1, 0.15) is 30.4 Å². The first-order valence-electron chi connectivity index (χ1n) is 5.50. The molecule has 1 N–H and O–H groups in total. The summed E-state index contributed by atoms with van der Waals surface area (Å²) in [5.74, 6) is 0.680. The van der Waals surface area contributed by atoms with Crippen molar-refractivity contribution in [1.82, 2.24) is 0 Å². The maximum atomic E-state index is 10.8. The molecule has 0 fully saturated rings. The van der Waals surface area contributed by atoms with Crippen LogP contribution in [0.15, 0.2) is 18.2 Å². The van der Waals surface area contributed by atoms with Crippen LogP contribution in [0.3, 0.4) is 0 Å². The molecule has 0 saturated heterocycles. The van der Waals surface area contributed by atoms with Crippen molar-refractivity contribution >= 4 is 5.97 Å². The van der Waals surface area contributed by atoms with E-state index in [-0.39, 0.29) is 12.3 Å². The lowest BCUT2D eigenvalue weighted by Gasteiger charge is -2.13. The largest absolute Gasteiger partial charge is 0.497 e. The Kier molecular flexibility index (Phi) is 2.86. The summed E-state index contributed by atoms with van der Waals surface area (Å²) in [7, 11) is 1.65. The lowest BCUT2D eigenvalue weighted by Crippen LogP contribution is -2.09. The average Bonchev–Trinajstić information content (AvgIpc) is 2.54. The van der Waals surface area contributed by atoms with Crippen LogP contribution >= 0.6 is 0 Å². The number of benzene rings is 1. The van der Waals surface area contributed by atoms with Crippen molar-refractivity contribution in [3.05, 3.63) is 29.3 Å². The third-order valence-corrected chi connectivity index (χ3v) is 3.37. The number of aliphatic carboxylic acids is 1. The molecule has 0 bridgehead atoms. The van der Waals surface area contributed by atoms with E-state index in [1.54, 1.807) is 7.11 Å². The van der Waals surface area contributed by atoms with E-state index in [1.807, 2.05) is 18.2 Å². The number of carboxylic acid groups (broad SMARTS) is 1. The molecule has 1 aromatic rings. The molecule has 2 unspecified atom stereocenters. The van der Waals surface area contributed by atoms with Gasteiger partial charge in [0.2, 0.25) is 0 Å². The van der Waals surface area contributed by atoms with Crippen LogP contribution in [0.4, 0.5) is 0 Å². The predicted molar refractivity (Wildman–Crippen MR) is 60.9 cm³/mol. The molecule has 1 aliphatic carbocycles. The number of ether oxygens (including phenoxy) is 1. The Morgan fingerprint density at radius 2 is 2.31 bits per heavy atom. The first-order valence-corrected chi connectivity index (χ1v) is 5.50. The van der Waals surface area contributed by atoms with Gasteiger partial charge in [-0.1, -0.05) is 13.0 Å². The molecule has 1 aliphatic rings. The fourth-order valence-electron chi connectivity index (χ4n) is 2.54. The quantitative estimate of drug-likeness (QED) is 0.851. The van der Waals surface area contributed by atoms with Crippen molar-refractivity contribution in [1.29, 1.82) is 0 Å². The first kappa shape index (κ1) is 11.0. The number of methoxy groups -OCH3 is 1. The van der Waals surface area contributed by atoms with E-state index in [1.165, 1.54) is 11.1 Å². The molecule has 2 rings (SSSR count). The van der Waals surface area contributed by atoms with Gasteiger partial charge < -0.3 is 9.84 Å². The standard InChI is InChI=1S/C13H16O3/c1-8-5-9-6-10(16-2)3-4-11(9)12(8)7-13(14)15/h3-4,6,8,12H,5,7H2,1-2H3,(H,14,15). The predicted octanol–water partition coefficient (Wildman–Crippen LogP) is 2.45. The normalized spacial score (nSPS) is 22.9. The van der Waals surface area contributed by atoms with Crippen LogP contribution in [0, 0.1) is 5.92 Å². The summed E-state index contributed by atoms with van der Waals surface area (Å²) in [6.07, 6.45) is 1.17. The smallest absolute Gasteiger partial charge is 0.303 e. The first-order chi connectivity index (χ1) is 7.61. The SMILES string of the molecule is COc1ccc2c(c1)CC(C)C2CC(=O)O. The van der Waals surface area contributed by atoms with E-state index >= 15 is 0 Å². The number of carbonyl (C=O) groups is 1. The number of hydrogen-bond acceptors (Lipinski definition) is 2. The molecule has 0 spiro atoms. The molecule has 2 atom stereocenters. The van der Waals surface area contributed by atoms with Gasteiger partial charge in [0.05, 0.1) is 13.5 Å². The topological polar surface area (TPSA) is 46.5 Å². The summed E-state index contributed by atoms with van der Waals surface area (Å²) in [4.78, 5) is 10.8. The van der Waals surface area contributed by atoms with E-state index in [9.17, 15) is 4.79 Å². The summed E-state index contributed by atoms with van der Waals surface area (Å²) >= 11 is 0. The van der Waals surface area contributed by atoms with Gasteiger partial charge in [0.15, 0.2) is 0 Å². The van der Waals surface area contributed by atoms with Crippen LogP contribution < -0.4 is 4.74 Å². The summed E-state index contributed by atoms with van der Waals surface area (Å²) in [5.41, 5.74) is 2.41. The minimum Gasteiger partial charge on any atom is -0.497 e. The number of hydrogen-bond donors (Lipinski definition) is 1. The van der Waals surface area contributed by atoms with E-state index < -0.39 is 5.97 Å². The molecule has 1 aromatic carbocycles. The maximum absolute atomic E-state index is 10.8. The number of rotatable bonds is 3. The molecule has 3 heteroatoms. The lowest BCUT2D eigenvalue weighted by atomic mass is 9.91. The van der Waals surface area contributed by atoms with Gasteiger partial charge in [0, 0.05) is 0 Å². The number of fused-ring (bicyclic) bond motifs is 1. The van der Waals surface area contributed by atoms with Crippen molar-refractivity contribution < 1.29 is 14.6 Å². The van der Waals surface area contributed by atoms with Gasteiger partial charge in [-0.2, -0.15) is 0 Å². The highest BCUT2D eigenvalue weighted by atomic mass is 16.5. The van der Waals surface area contributed by atoms with Crippen molar-refractivity contribution in [2.75, 3.05) is 7.11 Å². The summed E-state index contributed by atoms with van der Waals surface area (Å²) in [6.45, 7) is 2.11. The molecule has 0 amide bonds. The molecule has 16 heavy (non-hydrogen) atoms. The van der Waals surface area contributed by atoms with Crippen LogP contribution in [0.25, 0.3) is 0 Å². The summed E-state index contributed by atoms with van der Waals surface area (Å²) < 4.78 is 5.17. The Balaban J connectivity index is 2.31. The van der Waals surface area contributed by atoms with E-state index in [2.05, 4.69) is 6.92 Å². The summed E-state index contributed by atoms with van der Waals surface area (Å²) in [6, 6.07) is 5.94. The van der Waals surface area contributed by atoms with Crippen LogP contribution in [0.2, 0.25) is 0 Å². The molecular weight excluding hydrogens is 204 g/mol. The molecular formula is C13H16O3. The molecule has 86 valence electrons. The van der Waals surface area contributed by atoms with E-state index in [4.69, 9.17) is 9.84 Å². The van der Waals surface area contributed by atoms with Gasteiger partial charge in [-0.15, -0.1) is 0 Å².